The Morgan fingerprint density at radius 1 is 1.06 bits per heavy atom. The van der Waals surface area contributed by atoms with Crippen LogP contribution in [0.4, 0.5) is 0 Å². The number of aromatic nitrogens is 2. The Hall–Kier alpha value is -3.46. The molecule has 0 amide bonds. The Kier molecular flexibility index (Phi) is 4.87. The van der Waals surface area contributed by atoms with Crippen LogP contribution in [0.3, 0.4) is 0 Å². The van der Waals surface area contributed by atoms with Gasteiger partial charge < -0.3 is 14.4 Å². The monoisotopic (exact) mass is 614 g/mol. The van der Waals surface area contributed by atoms with E-state index in [1.807, 2.05) is 42.5 Å². The molecule has 3 heterocycles. The molecule has 4 heteroatoms. The van der Waals surface area contributed by atoms with Gasteiger partial charge in [0.25, 0.3) is 0 Å². The summed E-state index contributed by atoms with van der Waals surface area (Å²) < 4.78 is 58.8. The third kappa shape index (κ3) is 4.98. The maximum Gasteiger partial charge on any atom is 0.120 e. The van der Waals surface area contributed by atoms with Gasteiger partial charge in [-0.05, 0) is 35.9 Å². The maximum absolute atomic E-state index is 8.07. The number of allylic oxidation sites excluding steroid dienone is 4. The molecule has 3 nitrogen and oxygen atoms in total. The zero-order valence-corrected chi connectivity index (χ0v) is 19.7. The number of hydrogen-bond donors (Lipinski definition) is 0. The van der Waals surface area contributed by atoms with Gasteiger partial charge in [-0.2, -0.15) is 18.1 Å². The number of fused-ring (bicyclic) bond motifs is 3. The minimum absolute atomic E-state index is 0. The molecule has 33 heavy (non-hydrogen) atoms. The van der Waals surface area contributed by atoms with Crippen LogP contribution in [0.5, 0.6) is 0 Å². The summed E-state index contributed by atoms with van der Waals surface area (Å²) in [5.74, 6) is 0. The van der Waals surface area contributed by atoms with E-state index < -0.39 is 6.85 Å². The Morgan fingerprint density at radius 2 is 2.00 bits per heavy atom. The van der Waals surface area contributed by atoms with Gasteiger partial charge in [0.15, 0.2) is 0 Å². The molecule has 1 aliphatic rings. The summed E-state index contributed by atoms with van der Waals surface area (Å²) in [6.45, 7) is -2.07. The number of para-hydroxylation sites is 1. The van der Waals surface area contributed by atoms with E-state index in [2.05, 4.69) is 28.5 Å². The molecule has 0 unspecified atom stereocenters. The van der Waals surface area contributed by atoms with Crippen LogP contribution in [-0.4, -0.2) is 9.97 Å². The largest absolute Gasteiger partial charge is 0.501 e. The molecule has 0 saturated heterocycles. The molecule has 6 rings (SSSR count). The summed E-state index contributed by atoms with van der Waals surface area (Å²) in [5.41, 5.74) is 3.95. The van der Waals surface area contributed by atoms with Gasteiger partial charge in [-0.1, -0.05) is 59.8 Å². The summed E-state index contributed by atoms with van der Waals surface area (Å²) in [5, 5.41) is 1.81. The summed E-state index contributed by atoms with van der Waals surface area (Å²) in [4.78, 5) is 8.18. The van der Waals surface area contributed by atoms with Crippen molar-refractivity contribution in [1.29, 1.82) is 0 Å². The zero-order valence-electron chi connectivity index (χ0n) is 24.3. The normalized spacial score (nSPS) is 15.8. The van der Waals surface area contributed by atoms with Crippen molar-refractivity contribution in [1.82, 2.24) is 9.97 Å². The summed E-state index contributed by atoms with van der Waals surface area (Å²) in [7, 11) is 0. The van der Waals surface area contributed by atoms with Gasteiger partial charge in [0, 0.05) is 42.0 Å². The first-order valence-corrected chi connectivity index (χ1v) is 10.1. The molecule has 0 spiro atoms. The van der Waals surface area contributed by atoms with E-state index in [0.29, 0.717) is 16.7 Å². The Bertz CT molecular complexity index is 1740. The van der Waals surface area contributed by atoms with E-state index in [-0.39, 0.29) is 55.7 Å². The summed E-state index contributed by atoms with van der Waals surface area (Å²) >= 11 is 0. The third-order valence-corrected chi connectivity index (χ3v) is 4.99. The second-order valence-corrected chi connectivity index (χ2v) is 7.06. The van der Waals surface area contributed by atoms with E-state index in [1.165, 1.54) is 6.20 Å². The van der Waals surface area contributed by atoms with Crippen molar-refractivity contribution in [2.45, 2.75) is 13.3 Å². The van der Waals surface area contributed by atoms with Crippen molar-refractivity contribution < 1.29 is 34.1 Å². The molecule has 0 aliphatic heterocycles. The molecule has 0 saturated carbocycles. The van der Waals surface area contributed by atoms with Crippen molar-refractivity contribution >= 4 is 27.5 Å². The first-order chi connectivity index (χ1) is 18.6. The van der Waals surface area contributed by atoms with Crippen molar-refractivity contribution in [3.63, 3.8) is 0 Å². The number of hydrogen-bond acceptors (Lipinski definition) is 3. The second kappa shape index (κ2) is 10.4. The first-order valence-electron chi connectivity index (χ1n) is 13.6. The van der Waals surface area contributed by atoms with Gasteiger partial charge >= 0.3 is 0 Å². The Labute approximate surface area is 217 Å². The smallest absolute Gasteiger partial charge is 0.120 e. The van der Waals surface area contributed by atoms with Crippen molar-refractivity contribution in [2.75, 3.05) is 0 Å². The van der Waals surface area contributed by atoms with Gasteiger partial charge in [-0.25, -0.2) is 0 Å². The molecular weight excluding hydrogens is 585 g/mol. The van der Waals surface area contributed by atoms with Crippen LogP contribution >= 0.6 is 0 Å². The molecule has 1 radical (unpaired) electrons. The number of aryl methyl sites for hydroxylation is 1. The number of rotatable bonds is 2. The van der Waals surface area contributed by atoms with E-state index in [9.17, 15) is 0 Å². The molecule has 5 aromatic rings. The fourth-order valence-electron chi connectivity index (χ4n) is 3.48. The summed E-state index contributed by atoms with van der Waals surface area (Å²) in [6, 6.07) is 16.7. The fourth-order valence-corrected chi connectivity index (χ4v) is 3.48. The number of nitrogens with zero attached hydrogens (tertiary/aromatic N) is 2. The van der Waals surface area contributed by atoms with Crippen LogP contribution in [0.25, 0.3) is 38.8 Å². The predicted octanol–water partition coefficient (Wildman–Crippen LogP) is 7.38. The number of furan rings is 1. The third-order valence-electron chi connectivity index (χ3n) is 4.99. The molecule has 0 N–H and O–H groups in total. The molecule has 2 aromatic carbocycles. The van der Waals surface area contributed by atoms with E-state index in [4.69, 9.17) is 14.0 Å². The Morgan fingerprint density at radius 3 is 2.82 bits per heavy atom. The molecular formula is C29H22IrN2O-2. The average molecular weight is 614 g/mol. The standard InChI is InChI=1S/C17H10NO.C12H12N.Ir/c1-2-10-16-12(6-1)13-7-5-8-14(17(13)19-16)15-9-3-4-11-18-15;1-10-7-8-12(13-9-10)11-5-3-2-4-6-11;/h1-7,9-11H;2-3,5-9H,4H2,1H3;/q2*-1;/i3D,4D,9D,11D;1D3;. The van der Waals surface area contributed by atoms with Gasteiger partial charge in [-0.3, -0.25) is 0 Å². The van der Waals surface area contributed by atoms with Gasteiger partial charge in [0.2, 0.25) is 0 Å². The minimum atomic E-state index is -2.07. The van der Waals surface area contributed by atoms with Gasteiger partial charge in [0.1, 0.15) is 5.58 Å². The molecule has 1 aliphatic carbocycles. The number of benzene rings is 2. The topological polar surface area (TPSA) is 38.9 Å². The van der Waals surface area contributed by atoms with Crippen LogP contribution in [0.1, 0.15) is 27.3 Å². The van der Waals surface area contributed by atoms with Crippen LogP contribution in [0.2, 0.25) is 0 Å². The quantitative estimate of drug-likeness (QED) is 0.195. The van der Waals surface area contributed by atoms with Crippen LogP contribution in [-0.2, 0) is 20.1 Å². The molecule has 0 bridgehead atoms. The zero-order chi connectivity index (χ0) is 27.7. The SMILES string of the molecule is [2H]C([2H])([2H])c1ccc(C2=CC=CC[CH-]2)nc1.[2H]c1nc(-c2[c-]ccc3c2oc2ccccc23)c([2H])c([2H])c1[2H].[Ir]. The van der Waals surface area contributed by atoms with Gasteiger partial charge in [-0.15, -0.1) is 30.4 Å². The fraction of sp³-hybridized carbons (Fsp3) is 0.0690. The van der Waals surface area contributed by atoms with Crippen LogP contribution in [0, 0.1) is 19.3 Å². The number of pyridine rings is 2. The Balaban J connectivity index is 0.000000192. The van der Waals surface area contributed by atoms with Crippen LogP contribution in [0.15, 0.2) is 102 Å². The minimum Gasteiger partial charge on any atom is -0.501 e. The van der Waals surface area contributed by atoms with Crippen molar-refractivity contribution in [3.05, 3.63) is 121 Å². The van der Waals surface area contributed by atoms with Crippen LogP contribution < -0.4 is 0 Å². The van der Waals surface area contributed by atoms with E-state index in [0.717, 1.165) is 28.5 Å². The summed E-state index contributed by atoms with van der Waals surface area (Å²) in [6.07, 6.45) is 10.1. The van der Waals surface area contributed by atoms with E-state index in [1.54, 1.807) is 18.2 Å². The first kappa shape index (κ1) is 15.4. The predicted molar refractivity (Wildman–Crippen MR) is 131 cm³/mol. The molecule has 3 aromatic heterocycles. The maximum atomic E-state index is 8.07. The average Bonchev–Trinajstić information content (AvgIpc) is 3.33. The van der Waals surface area contributed by atoms with Crippen molar-refractivity contribution in [3.8, 4) is 11.3 Å². The molecule has 0 atom stereocenters. The molecule has 0 fully saturated rings. The molecule has 165 valence electrons. The second-order valence-electron chi connectivity index (χ2n) is 7.06. The van der Waals surface area contributed by atoms with Crippen molar-refractivity contribution in [2.24, 2.45) is 0 Å². The van der Waals surface area contributed by atoms with Gasteiger partial charge in [0.05, 0.1) is 11.1 Å². The van der Waals surface area contributed by atoms with E-state index >= 15 is 0 Å².